The van der Waals surface area contributed by atoms with Gasteiger partial charge >= 0.3 is 0 Å². The number of carbonyl (C=O) groups excluding carboxylic acids is 1. The van der Waals surface area contributed by atoms with Crippen molar-refractivity contribution in [3.05, 3.63) is 34.7 Å². The van der Waals surface area contributed by atoms with Crippen LogP contribution in [-0.2, 0) is 9.53 Å². The smallest absolute Gasteiger partial charge is 0.256 e. The molecule has 0 bridgehead atoms. The molecule has 23 heavy (non-hydrogen) atoms. The first-order chi connectivity index (χ1) is 10.6. The molecule has 1 amide bonds. The Morgan fingerprint density at radius 1 is 1.43 bits per heavy atom. The van der Waals surface area contributed by atoms with Crippen molar-refractivity contribution in [1.29, 1.82) is 0 Å². The van der Waals surface area contributed by atoms with Gasteiger partial charge in [0.05, 0.1) is 12.3 Å². The van der Waals surface area contributed by atoms with Crippen LogP contribution in [0.25, 0.3) is 11.3 Å². The zero-order chi connectivity index (χ0) is 15.5. The molecule has 1 saturated heterocycles. The van der Waals surface area contributed by atoms with Crippen molar-refractivity contribution < 1.29 is 9.53 Å². The lowest BCUT2D eigenvalue weighted by Gasteiger charge is -2.22. The van der Waals surface area contributed by atoms with Crippen molar-refractivity contribution in [2.75, 3.05) is 25.0 Å². The molecule has 0 aliphatic carbocycles. The minimum absolute atomic E-state index is 0. The summed E-state index contributed by atoms with van der Waals surface area (Å²) in [5.74, 6) is -0.145. The number of hydrogen-bond donors (Lipinski definition) is 2. The van der Waals surface area contributed by atoms with Crippen LogP contribution in [0, 0.1) is 13.8 Å². The number of morpholine rings is 1. The molecule has 1 aromatic carbocycles. The third-order valence-electron chi connectivity index (χ3n) is 3.61. The first kappa shape index (κ1) is 17.9. The van der Waals surface area contributed by atoms with Gasteiger partial charge in [-0.15, -0.1) is 23.7 Å². The number of nitrogens with zero attached hydrogens (tertiary/aromatic N) is 1. The molecule has 7 heteroatoms. The van der Waals surface area contributed by atoms with Gasteiger partial charge in [0.2, 0.25) is 0 Å². The van der Waals surface area contributed by atoms with Crippen LogP contribution in [-0.4, -0.2) is 36.7 Å². The van der Waals surface area contributed by atoms with Gasteiger partial charge in [-0.2, -0.15) is 0 Å². The Hall–Kier alpha value is -1.47. The topological polar surface area (TPSA) is 63.2 Å². The lowest BCUT2D eigenvalue weighted by molar-refractivity contribution is -0.128. The predicted octanol–water partition coefficient (Wildman–Crippen LogP) is 2.78. The van der Waals surface area contributed by atoms with E-state index in [1.54, 1.807) is 0 Å². The molecule has 1 aliphatic rings. The van der Waals surface area contributed by atoms with Gasteiger partial charge in [0, 0.05) is 24.0 Å². The van der Waals surface area contributed by atoms with Crippen molar-refractivity contribution >= 4 is 34.8 Å². The van der Waals surface area contributed by atoms with Gasteiger partial charge in [-0.1, -0.05) is 23.8 Å². The Morgan fingerprint density at radius 2 is 2.26 bits per heavy atom. The van der Waals surface area contributed by atoms with E-state index in [4.69, 9.17) is 4.74 Å². The van der Waals surface area contributed by atoms with E-state index in [2.05, 4.69) is 47.7 Å². The minimum Gasteiger partial charge on any atom is -0.366 e. The van der Waals surface area contributed by atoms with Crippen LogP contribution in [0.3, 0.4) is 0 Å². The van der Waals surface area contributed by atoms with Crippen molar-refractivity contribution in [1.82, 2.24) is 10.3 Å². The fraction of sp³-hybridized carbons (Fsp3) is 0.375. The molecular weight excluding hydrogens is 334 g/mol. The van der Waals surface area contributed by atoms with E-state index in [0.717, 1.165) is 17.8 Å². The van der Waals surface area contributed by atoms with E-state index >= 15 is 0 Å². The summed E-state index contributed by atoms with van der Waals surface area (Å²) in [6.45, 7) is 6.03. The summed E-state index contributed by atoms with van der Waals surface area (Å²) >= 11 is 1.43. The molecule has 124 valence electrons. The average molecular weight is 354 g/mol. The van der Waals surface area contributed by atoms with Crippen LogP contribution < -0.4 is 10.6 Å². The molecule has 1 atom stereocenters. The van der Waals surface area contributed by atoms with E-state index in [9.17, 15) is 4.79 Å². The normalized spacial score (nSPS) is 17.4. The summed E-state index contributed by atoms with van der Waals surface area (Å²) in [6, 6.07) is 6.27. The summed E-state index contributed by atoms with van der Waals surface area (Å²) in [6.07, 6.45) is -0.442. The van der Waals surface area contributed by atoms with Crippen molar-refractivity contribution in [3.63, 3.8) is 0 Å². The molecule has 2 N–H and O–H groups in total. The fourth-order valence-electron chi connectivity index (χ4n) is 2.48. The van der Waals surface area contributed by atoms with Crippen molar-refractivity contribution in [3.8, 4) is 11.3 Å². The lowest BCUT2D eigenvalue weighted by Crippen LogP contribution is -2.45. The maximum Gasteiger partial charge on any atom is 0.256 e. The first-order valence-electron chi connectivity index (χ1n) is 7.30. The first-order valence-corrected chi connectivity index (χ1v) is 8.18. The number of nitrogens with one attached hydrogen (secondary N) is 2. The summed E-state index contributed by atoms with van der Waals surface area (Å²) < 4.78 is 5.44. The molecule has 5 nitrogen and oxygen atoms in total. The average Bonchev–Trinajstić information content (AvgIpc) is 2.96. The Morgan fingerprint density at radius 3 is 2.96 bits per heavy atom. The number of anilines is 1. The lowest BCUT2D eigenvalue weighted by atomic mass is 10.0. The molecule has 0 spiro atoms. The van der Waals surface area contributed by atoms with Gasteiger partial charge < -0.3 is 10.1 Å². The summed E-state index contributed by atoms with van der Waals surface area (Å²) in [5, 5.41) is 8.55. The van der Waals surface area contributed by atoms with Crippen LogP contribution in [0.15, 0.2) is 23.6 Å². The number of amides is 1. The highest BCUT2D eigenvalue weighted by molar-refractivity contribution is 7.14. The van der Waals surface area contributed by atoms with Gasteiger partial charge in [0.1, 0.15) is 6.10 Å². The summed E-state index contributed by atoms with van der Waals surface area (Å²) in [7, 11) is 0. The second-order valence-electron chi connectivity index (χ2n) is 5.41. The van der Waals surface area contributed by atoms with Gasteiger partial charge in [-0.05, 0) is 19.4 Å². The monoisotopic (exact) mass is 353 g/mol. The van der Waals surface area contributed by atoms with Gasteiger partial charge in [-0.3, -0.25) is 10.1 Å². The predicted molar refractivity (Wildman–Crippen MR) is 95.5 cm³/mol. The van der Waals surface area contributed by atoms with Crippen LogP contribution in [0.1, 0.15) is 11.1 Å². The fourth-order valence-corrected chi connectivity index (χ4v) is 3.19. The highest BCUT2D eigenvalue weighted by atomic mass is 35.5. The van der Waals surface area contributed by atoms with Crippen molar-refractivity contribution in [2.45, 2.75) is 20.0 Å². The Balaban J connectivity index is 0.00000192. The largest absolute Gasteiger partial charge is 0.366 e. The third kappa shape index (κ3) is 4.29. The molecule has 3 rings (SSSR count). The zero-order valence-corrected chi connectivity index (χ0v) is 14.7. The standard InChI is InChI=1S/C16H19N3O2S.ClH/c1-10-3-4-12(11(2)7-10)13-9-22-16(18-13)19-15(20)14-8-17-5-6-21-14;/h3-4,7,9,14,17H,5-6,8H2,1-2H3,(H,18,19,20);1H. The molecule has 2 aromatic rings. The van der Waals surface area contributed by atoms with E-state index in [1.807, 2.05) is 5.38 Å². The zero-order valence-electron chi connectivity index (χ0n) is 13.1. The van der Waals surface area contributed by atoms with Crippen LogP contribution in [0.4, 0.5) is 5.13 Å². The van der Waals surface area contributed by atoms with E-state index in [-0.39, 0.29) is 18.3 Å². The SMILES string of the molecule is Cc1ccc(-c2csc(NC(=O)C3CNCCO3)n2)c(C)c1.Cl. The maximum atomic E-state index is 12.1. The molecule has 1 aromatic heterocycles. The summed E-state index contributed by atoms with van der Waals surface area (Å²) in [5.41, 5.74) is 4.40. The van der Waals surface area contributed by atoms with Gasteiger partial charge in [-0.25, -0.2) is 4.98 Å². The third-order valence-corrected chi connectivity index (χ3v) is 4.37. The maximum absolute atomic E-state index is 12.1. The molecule has 1 aliphatic heterocycles. The molecule has 1 unspecified atom stereocenters. The van der Waals surface area contributed by atoms with Gasteiger partial charge in [0.25, 0.3) is 5.91 Å². The van der Waals surface area contributed by atoms with Crippen molar-refractivity contribution in [2.24, 2.45) is 0 Å². The molecule has 2 heterocycles. The quantitative estimate of drug-likeness (QED) is 0.890. The molecule has 1 fully saturated rings. The Labute approximate surface area is 145 Å². The number of benzene rings is 1. The Bertz CT molecular complexity index is 684. The number of carbonyl (C=O) groups is 1. The van der Waals surface area contributed by atoms with Gasteiger partial charge in [0.15, 0.2) is 5.13 Å². The van der Waals surface area contributed by atoms with Crippen LogP contribution >= 0.6 is 23.7 Å². The highest BCUT2D eigenvalue weighted by Crippen LogP contribution is 2.28. The number of ether oxygens (including phenoxy) is 1. The summed E-state index contributed by atoms with van der Waals surface area (Å²) in [4.78, 5) is 16.6. The second kappa shape index (κ2) is 7.88. The number of aromatic nitrogens is 1. The molecule has 0 saturated carbocycles. The number of halogens is 1. The van der Waals surface area contributed by atoms with Crippen LogP contribution in [0.5, 0.6) is 0 Å². The number of hydrogen-bond acceptors (Lipinski definition) is 5. The van der Waals surface area contributed by atoms with Crippen LogP contribution in [0.2, 0.25) is 0 Å². The Kier molecular flexibility index (Phi) is 6.12. The number of rotatable bonds is 3. The number of thiazole rings is 1. The van der Waals surface area contributed by atoms with E-state index < -0.39 is 6.10 Å². The molecule has 0 radical (unpaired) electrons. The minimum atomic E-state index is -0.442. The highest BCUT2D eigenvalue weighted by Gasteiger charge is 2.22. The molecular formula is C16H20ClN3O2S. The van der Waals surface area contributed by atoms with E-state index in [1.165, 1.54) is 22.5 Å². The number of aryl methyl sites for hydroxylation is 2. The van der Waals surface area contributed by atoms with E-state index in [0.29, 0.717) is 18.3 Å². The second-order valence-corrected chi connectivity index (χ2v) is 6.27.